The zero-order valence-corrected chi connectivity index (χ0v) is 15.4. The average Bonchev–Trinajstić information content (AvgIpc) is 3.09. The first-order valence-electron chi connectivity index (χ1n) is 8.48. The Morgan fingerprint density at radius 3 is 2.19 bits per heavy atom. The van der Waals surface area contributed by atoms with Gasteiger partial charge in [0.2, 0.25) is 10.0 Å². The summed E-state index contributed by atoms with van der Waals surface area (Å²) in [6.45, 7) is 1.24. The Kier molecular flexibility index (Phi) is 5.29. The Morgan fingerprint density at radius 2 is 1.63 bits per heavy atom. The van der Waals surface area contributed by atoms with Crippen LogP contribution in [0.1, 0.15) is 32.7 Å². The number of hydrogen-bond donors (Lipinski definition) is 2. The summed E-state index contributed by atoms with van der Waals surface area (Å²) in [5.41, 5.74) is 1.72. The lowest BCUT2D eigenvalue weighted by Crippen LogP contribution is -2.29. The summed E-state index contributed by atoms with van der Waals surface area (Å²) in [5, 5.41) is 14.0. The minimum absolute atomic E-state index is 0.0249. The smallest absolute Gasteiger partial charge is 0.335 e. The maximum absolute atomic E-state index is 12.6. The molecule has 0 saturated carbocycles. The number of likely N-dealkylation sites (tertiary alicyclic amines) is 1. The molecule has 27 heavy (non-hydrogen) atoms. The zero-order valence-electron chi connectivity index (χ0n) is 14.5. The molecule has 1 aliphatic rings. The number of carboxylic acids is 1. The number of sulfonamides is 1. The van der Waals surface area contributed by atoms with Crippen molar-refractivity contribution in [2.24, 2.45) is 11.1 Å². The van der Waals surface area contributed by atoms with Gasteiger partial charge in [-0.25, -0.2) is 18.4 Å². The van der Waals surface area contributed by atoms with E-state index in [1.807, 2.05) is 0 Å². The van der Waals surface area contributed by atoms with Crippen molar-refractivity contribution in [1.29, 1.82) is 0 Å². The van der Waals surface area contributed by atoms with E-state index in [2.05, 4.69) is 0 Å². The summed E-state index contributed by atoms with van der Waals surface area (Å²) < 4.78 is 22.6. The molecule has 2 aromatic rings. The van der Waals surface area contributed by atoms with Crippen LogP contribution in [0.2, 0.25) is 0 Å². The summed E-state index contributed by atoms with van der Waals surface area (Å²) in [6.07, 6.45) is 1.63. The van der Waals surface area contributed by atoms with Gasteiger partial charge in [-0.15, -0.1) is 0 Å². The van der Waals surface area contributed by atoms with Crippen molar-refractivity contribution in [3.05, 3.63) is 65.2 Å². The number of carboxylic acid groups (broad SMARTS) is 1. The summed E-state index contributed by atoms with van der Waals surface area (Å²) >= 11 is 0. The number of nitrogens with zero attached hydrogens (tertiary/aromatic N) is 1. The molecule has 1 amide bonds. The van der Waals surface area contributed by atoms with Crippen LogP contribution in [0.5, 0.6) is 0 Å². The third-order valence-corrected chi connectivity index (χ3v) is 5.66. The number of benzene rings is 2. The first-order valence-corrected chi connectivity index (χ1v) is 10.0. The normalized spacial score (nSPS) is 17.1. The molecule has 7 nitrogen and oxygen atoms in total. The van der Waals surface area contributed by atoms with Crippen LogP contribution in [0, 0.1) is 5.92 Å². The summed E-state index contributed by atoms with van der Waals surface area (Å²) in [7, 11) is -3.78. The molecule has 1 atom stereocenters. The Morgan fingerprint density at radius 1 is 1.04 bits per heavy atom. The van der Waals surface area contributed by atoms with Gasteiger partial charge in [0.15, 0.2) is 0 Å². The van der Waals surface area contributed by atoms with Crippen molar-refractivity contribution in [2.75, 3.05) is 13.1 Å². The van der Waals surface area contributed by atoms with Crippen molar-refractivity contribution in [2.45, 2.75) is 17.7 Å². The number of carbonyl (C=O) groups excluding carboxylic acids is 1. The lowest BCUT2D eigenvalue weighted by Gasteiger charge is -2.17. The predicted molar refractivity (Wildman–Crippen MR) is 98.9 cm³/mol. The summed E-state index contributed by atoms with van der Waals surface area (Å²) in [6, 6.07) is 12.4. The van der Waals surface area contributed by atoms with Gasteiger partial charge in [0.1, 0.15) is 0 Å². The van der Waals surface area contributed by atoms with Gasteiger partial charge in [-0.1, -0.05) is 12.1 Å². The van der Waals surface area contributed by atoms with E-state index < -0.39 is 16.0 Å². The van der Waals surface area contributed by atoms with Crippen LogP contribution in [0.3, 0.4) is 0 Å². The maximum Gasteiger partial charge on any atom is 0.335 e. The van der Waals surface area contributed by atoms with Crippen LogP contribution in [-0.4, -0.2) is 43.4 Å². The Bertz CT molecular complexity index is 953. The highest BCUT2D eigenvalue weighted by Gasteiger charge is 2.27. The predicted octanol–water partition coefficient (Wildman–Crippen LogP) is 1.74. The van der Waals surface area contributed by atoms with Crippen LogP contribution >= 0.6 is 0 Å². The van der Waals surface area contributed by atoms with E-state index in [1.54, 1.807) is 29.2 Å². The lowest BCUT2D eigenvalue weighted by atomic mass is 9.98. The van der Waals surface area contributed by atoms with Gasteiger partial charge in [0.25, 0.3) is 5.91 Å². The molecule has 1 saturated heterocycles. The molecular formula is C19H20N2O5S. The average molecular weight is 388 g/mol. The van der Waals surface area contributed by atoms with Gasteiger partial charge in [-0.2, -0.15) is 0 Å². The molecule has 3 rings (SSSR count). The van der Waals surface area contributed by atoms with Crippen LogP contribution in [0.4, 0.5) is 0 Å². The second-order valence-corrected chi connectivity index (χ2v) is 8.24. The molecule has 8 heteroatoms. The second-order valence-electron chi connectivity index (χ2n) is 6.68. The van der Waals surface area contributed by atoms with Crippen molar-refractivity contribution in [1.82, 2.24) is 4.90 Å². The third-order valence-electron chi connectivity index (χ3n) is 4.73. The fourth-order valence-electron chi connectivity index (χ4n) is 3.27. The van der Waals surface area contributed by atoms with Gasteiger partial charge in [0, 0.05) is 18.7 Å². The van der Waals surface area contributed by atoms with E-state index >= 15 is 0 Å². The highest BCUT2D eigenvalue weighted by molar-refractivity contribution is 7.89. The van der Waals surface area contributed by atoms with Gasteiger partial charge < -0.3 is 10.0 Å². The number of aromatic carboxylic acids is 1. The fraction of sp³-hybridized carbons (Fsp3) is 0.263. The minimum Gasteiger partial charge on any atom is -0.478 e. The number of carbonyl (C=O) groups is 2. The maximum atomic E-state index is 12.6. The van der Waals surface area contributed by atoms with E-state index in [0.29, 0.717) is 24.6 Å². The van der Waals surface area contributed by atoms with E-state index in [-0.39, 0.29) is 16.4 Å². The third kappa shape index (κ3) is 4.53. The number of hydrogen-bond acceptors (Lipinski definition) is 4. The van der Waals surface area contributed by atoms with Gasteiger partial charge >= 0.3 is 5.97 Å². The van der Waals surface area contributed by atoms with Crippen molar-refractivity contribution in [3.8, 4) is 0 Å². The quantitative estimate of drug-likeness (QED) is 0.809. The fourth-order valence-corrected chi connectivity index (χ4v) is 3.79. The molecule has 0 spiro atoms. The van der Waals surface area contributed by atoms with E-state index in [4.69, 9.17) is 10.2 Å². The first-order chi connectivity index (χ1) is 12.7. The molecule has 0 aromatic heterocycles. The highest BCUT2D eigenvalue weighted by atomic mass is 32.2. The molecule has 2 aromatic carbocycles. The highest BCUT2D eigenvalue weighted by Crippen LogP contribution is 2.23. The summed E-state index contributed by atoms with van der Waals surface area (Å²) in [4.78, 5) is 25.2. The molecular weight excluding hydrogens is 368 g/mol. The van der Waals surface area contributed by atoms with Crippen LogP contribution < -0.4 is 5.14 Å². The number of amides is 1. The first kappa shape index (κ1) is 19.1. The van der Waals surface area contributed by atoms with Crippen molar-refractivity contribution >= 4 is 21.9 Å². The zero-order chi connectivity index (χ0) is 19.6. The molecule has 142 valence electrons. The molecule has 1 unspecified atom stereocenters. The minimum atomic E-state index is -3.78. The molecule has 1 heterocycles. The van der Waals surface area contributed by atoms with Crippen LogP contribution in [-0.2, 0) is 16.4 Å². The standard InChI is InChI=1S/C19H20N2O5S/c20-27(25,26)17-7-5-15(6-8-17)18(22)21-10-9-14(12-21)11-13-1-3-16(4-2-13)19(23)24/h1-8,14H,9-12H2,(H,23,24)(H2,20,25,26). The van der Waals surface area contributed by atoms with Crippen LogP contribution in [0.15, 0.2) is 53.4 Å². The molecule has 0 radical (unpaired) electrons. The number of rotatable bonds is 5. The Labute approximate surface area is 157 Å². The molecule has 0 bridgehead atoms. The second kappa shape index (κ2) is 7.50. The molecule has 3 N–H and O–H groups in total. The number of nitrogens with two attached hydrogens (primary N) is 1. The van der Waals surface area contributed by atoms with Crippen LogP contribution in [0.25, 0.3) is 0 Å². The summed E-state index contributed by atoms with van der Waals surface area (Å²) in [5.74, 6) is -0.791. The van der Waals surface area contributed by atoms with Gasteiger partial charge in [-0.05, 0) is 60.7 Å². The molecule has 1 fully saturated rings. The van der Waals surface area contributed by atoms with Crippen molar-refractivity contribution < 1.29 is 23.1 Å². The van der Waals surface area contributed by atoms with E-state index in [0.717, 1.165) is 18.4 Å². The van der Waals surface area contributed by atoms with Gasteiger partial charge in [-0.3, -0.25) is 4.79 Å². The topological polar surface area (TPSA) is 118 Å². The number of primary sulfonamides is 1. The van der Waals surface area contributed by atoms with Crippen molar-refractivity contribution in [3.63, 3.8) is 0 Å². The van der Waals surface area contributed by atoms with E-state index in [9.17, 15) is 18.0 Å². The van der Waals surface area contributed by atoms with E-state index in [1.165, 1.54) is 24.3 Å². The van der Waals surface area contributed by atoms with Gasteiger partial charge in [0.05, 0.1) is 10.5 Å². The largest absolute Gasteiger partial charge is 0.478 e. The molecule has 1 aliphatic heterocycles. The SMILES string of the molecule is NS(=O)(=O)c1ccc(C(=O)N2CCC(Cc3ccc(C(=O)O)cc3)C2)cc1. The Hall–Kier alpha value is -2.71. The Balaban J connectivity index is 1.61. The lowest BCUT2D eigenvalue weighted by molar-refractivity contribution is 0.0696. The molecule has 0 aliphatic carbocycles. The monoisotopic (exact) mass is 388 g/mol.